The van der Waals surface area contributed by atoms with Gasteiger partial charge in [0.05, 0.1) is 5.56 Å². The number of furan rings is 1. The largest absolute Gasteiger partial charge is 0.438 e. The smallest absolute Gasteiger partial charge is 0.227 e. The molecule has 0 aliphatic carbocycles. The number of aryl methyl sites for hydroxylation is 4. The minimum atomic E-state index is -2.12. The van der Waals surface area contributed by atoms with Crippen molar-refractivity contribution in [3.63, 3.8) is 0 Å². The normalized spacial score (nSPS) is 14.0. The van der Waals surface area contributed by atoms with Crippen LogP contribution in [0.5, 0.6) is 0 Å². The van der Waals surface area contributed by atoms with E-state index in [9.17, 15) is 0 Å². The van der Waals surface area contributed by atoms with Crippen LogP contribution in [-0.4, -0.2) is 4.98 Å². The van der Waals surface area contributed by atoms with E-state index in [0.717, 1.165) is 38.9 Å². The van der Waals surface area contributed by atoms with Gasteiger partial charge in [0.2, 0.25) is 11.4 Å². The third-order valence-electron chi connectivity index (χ3n) is 4.24. The molecular formula is C20H19N2O+. The van der Waals surface area contributed by atoms with E-state index in [2.05, 4.69) is 4.98 Å². The molecule has 0 aliphatic rings. The first-order valence-electron chi connectivity index (χ1n) is 9.06. The molecule has 0 saturated heterocycles. The lowest BCUT2D eigenvalue weighted by Crippen LogP contribution is -2.31. The molecule has 0 saturated carbocycles. The molecule has 0 spiro atoms. The molecule has 0 fully saturated rings. The zero-order valence-electron chi connectivity index (χ0n) is 16.3. The molecule has 3 aromatic heterocycles. The Bertz CT molecular complexity index is 1160. The van der Waals surface area contributed by atoms with Crippen molar-refractivity contribution < 1.29 is 13.1 Å². The average molecular weight is 306 g/mol. The summed E-state index contributed by atoms with van der Waals surface area (Å²) >= 11 is 0. The standard InChI is InChI=1S/C20H19N2O/c1-12-5-9-16(22(4)11-12)18-13(2)6-10-17-19(18)15-8-7-14(3)21-20(15)23-17/h5-11H,1-4H3/q+1/i1D3. The molecule has 1 aromatic carbocycles. The van der Waals surface area contributed by atoms with Crippen LogP contribution in [0.3, 0.4) is 0 Å². The van der Waals surface area contributed by atoms with Gasteiger partial charge in [0, 0.05) is 32.2 Å². The van der Waals surface area contributed by atoms with Crippen molar-refractivity contribution in [2.75, 3.05) is 0 Å². The summed E-state index contributed by atoms with van der Waals surface area (Å²) in [6.45, 7) is 1.86. The number of rotatable bonds is 1. The van der Waals surface area contributed by atoms with Gasteiger partial charge in [0.1, 0.15) is 12.6 Å². The predicted octanol–water partition coefficient (Wildman–Crippen LogP) is 4.40. The van der Waals surface area contributed by atoms with Gasteiger partial charge in [0.25, 0.3) is 0 Å². The Kier molecular flexibility index (Phi) is 2.34. The lowest BCUT2D eigenvalue weighted by molar-refractivity contribution is -0.660. The molecule has 4 aromatic rings. The summed E-state index contributed by atoms with van der Waals surface area (Å²) in [5.41, 5.74) is 5.69. The minimum absolute atomic E-state index is 0.322. The molecule has 3 nitrogen and oxygen atoms in total. The first-order valence-corrected chi connectivity index (χ1v) is 7.56. The van der Waals surface area contributed by atoms with Crippen molar-refractivity contribution >= 4 is 22.1 Å². The van der Waals surface area contributed by atoms with Gasteiger partial charge in [-0.2, -0.15) is 0 Å². The van der Waals surface area contributed by atoms with Gasteiger partial charge in [0.15, 0.2) is 6.20 Å². The molecule has 0 atom stereocenters. The van der Waals surface area contributed by atoms with Gasteiger partial charge >= 0.3 is 0 Å². The highest BCUT2D eigenvalue weighted by Gasteiger charge is 2.20. The molecule has 114 valence electrons. The summed E-state index contributed by atoms with van der Waals surface area (Å²) in [6, 6.07) is 11.5. The van der Waals surface area contributed by atoms with Crippen LogP contribution >= 0.6 is 0 Å². The molecule has 0 bridgehead atoms. The van der Waals surface area contributed by atoms with E-state index in [-0.39, 0.29) is 0 Å². The van der Waals surface area contributed by atoms with Crippen LogP contribution in [-0.2, 0) is 7.05 Å². The van der Waals surface area contributed by atoms with E-state index >= 15 is 0 Å². The highest BCUT2D eigenvalue weighted by molar-refractivity contribution is 6.11. The van der Waals surface area contributed by atoms with Crippen molar-refractivity contribution in [1.29, 1.82) is 0 Å². The molecule has 0 aliphatic heterocycles. The van der Waals surface area contributed by atoms with E-state index in [1.165, 1.54) is 0 Å². The molecule has 0 unspecified atom stereocenters. The first kappa shape index (κ1) is 10.9. The lowest BCUT2D eigenvalue weighted by Gasteiger charge is -2.06. The fourth-order valence-electron chi connectivity index (χ4n) is 3.14. The molecule has 4 rings (SSSR count). The maximum absolute atomic E-state index is 7.62. The number of pyridine rings is 2. The SMILES string of the molecule is [2H]C([2H])([2H])c1ccc(-c2c(C)ccc3oc4nc(C)ccc4c23)[n+](C)c1. The maximum atomic E-state index is 7.62. The van der Waals surface area contributed by atoms with Crippen LogP contribution in [0.2, 0.25) is 0 Å². The van der Waals surface area contributed by atoms with Crippen LogP contribution < -0.4 is 4.57 Å². The zero-order valence-corrected chi connectivity index (χ0v) is 13.3. The van der Waals surface area contributed by atoms with Gasteiger partial charge in [-0.25, -0.2) is 9.55 Å². The Morgan fingerprint density at radius 3 is 2.74 bits per heavy atom. The summed E-state index contributed by atoms with van der Waals surface area (Å²) in [4.78, 5) is 4.50. The van der Waals surface area contributed by atoms with Crippen molar-refractivity contribution in [2.24, 2.45) is 7.05 Å². The average Bonchev–Trinajstić information content (AvgIpc) is 2.92. The Balaban J connectivity index is 2.05. The Hall–Kier alpha value is -2.68. The molecule has 3 heteroatoms. The molecule has 3 heterocycles. The number of hydrogen-bond acceptors (Lipinski definition) is 2. The summed E-state index contributed by atoms with van der Waals surface area (Å²) in [7, 11) is 1.87. The van der Waals surface area contributed by atoms with Gasteiger partial charge in [-0.1, -0.05) is 6.07 Å². The van der Waals surface area contributed by atoms with Crippen molar-refractivity contribution in [2.45, 2.75) is 20.7 Å². The third kappa shape index (κ3) is 2.12. The zero-order chi connectivity index (χ0) is 18.6. The first-order chi connectivity index (χ1) is 12.3. The third-order valence-corrected chi connectivity index (χ3v) is 4.24. The summed E-state index contributed by atoms with van der Waals surface area (Å²) < 4.78 is 30.7. The Morgan fingerprint density at radius 1 is 1.09 bits per heavy atom. The van der Waals surface area contributed by atoms with E-state index in [0.29, 0.717) is 11.3 Å². The Morgan fingerprint density at radius 2 is 1.96 bits per heavy atom. The second-order valence-electron chi connectivity index (χ2n) is 5.95. The van der Waals surface area contributed by atoms with Crippen LogP contribution in [0.25, 0.3) is 33.3 Å². The second kappa shape index (κ2) is 4.92. The molecule has 23 heavy (non-hydrogen) atoms. The minimum Gasteiger partial charge on any atom is -0.438 e. The fourth-order valence-corrected chi connectivity index (χ4v) is 3.14. The Labute approximate surface area is 139 Å². The van der Waals surface area contributed by atoms with Crippen LogP contribution in [0.1, 0.15) is 20.9 Å². The van der Waals surface area contributed by atoms with Gasteiger partial charge in [-0.15, -0.1) is 0 Å². The number of hydrogen-bond donors (Lipinski definition) is 0. The van der Waals surface area contributed by atoms with E-state index in [1.54, 1.807) is 12.3 Å². The highest BCUT2D eigenvalue weighted by Crippen LogP contribution is 2.37. The molecule has 0 amide bonds. The lowest BCUT2D eigenvalue weighted by atomic mass is 9.98. The number of nitrogens with zero attached hydrogens (tertiary/aromatic N) is 2. The van der Waals surface area contributed by atoms with E-state index in [4.69, 9.17) is 8.53 Å². The van der Waals surface area contributed by atoms with Crippen LogP contribution in [0.15, 0.2) is 47.0 Å². The summed E-state index contributed by atoms with van der Waals surface area (Å²) in [5.74, 6) is 0. The fraction of sp³-hybridized carbons (Fsp3) is 0.200. The number of fused-ring (bicyclic) bond motifs is 3. The quantitative estimate of drug-likeness (QED) is 0.488. The monoisotopic (exact) mass is 306 g/mol. The van der Waals surface area contributed by atoms with Crippen LogP contribution in [0.4, 0.5) is 0 Å². The van der Waals surface area contributed by atoms with Crippen molar-refractivity contribution in [3.8, 4) is 11.3 Å². The van der Waals surface area contributed by atoms with Crippen LogP contribution in [0, 0.1) is 20.7 Å². The number of benzene rings is 1. The molecular weight excluding hydrogens is 284 g/mol. The van der Waals surface area contributed by atoms with E-state index in [1.807, 2.05) is 55.8 Å². The van der Waals surface area contributed by atoms with Gasteiger partial charge in [-0.05, 0) is 50.5 Å². The van der Waals surface area contributed by atoms with Gasteiger partial charge in [-0.3, -0.25) is 0 Å². The van der Waals surface area contributed by atoms with E-state index < -0.39 is 6.85 Å². The molecule has 0 radical (unpaired) electrons. The van der Waals surface area contributed by atoms with Crippen molar-refractivity contribution in [3.05, 3.63) is 59.4 Å². The number of aromatic nitrogens is 2. The predicted molar refractivity (Wildman–Crippen MR) is 92.3 cm³/mol. The summed E-state index contributed by atoms with van der Waals surface area (Å²) in [6.07, 6.45) is 1.67. The highest BCUT2D eigenvalue weighted by atomic mass is 16.3. The van der Waals surface area contributed by atoms with Crippen molar-refractivity contribution in [1.82, 2.24) is 4.98 Å². The molecule has 0 N–H and O–H groups in total. The maximum Gasteiger partial charge on any atom is 0.227 e. The summed E-state index contributed by atoms with van der Waals surface area (Å²) in [5, 5.41) is 1.97. The topological polar surface area (TPSA) is 29.9 Å². The second-order valence-corrected chi connectivity index (χ2v) is 5.95. The van der Waals surface area contributed by atoms with Gasteiger partial charge < -0.3 is 4.42 Å².